The van der Waals surface area contributed by atoms with Crippen molar-refractivity contribution in [1.82, 2.24) is 5.32 Å². The largest absolute Gasteiger partial charge is 0.493 e. The Balaban J connectivity index is 1.65. The van der Waals surface area contributed by atoms with Gasteiger partial charge in [0.25, 0.3) is 17.1 Å². The van der Waals surface area contributed by atoms with Crippen molar-refractivity contribution in [3.05, 3.63) is 58.5 Å². The van der Waals surface area contributed by atoms with Crippen molar-refractivity contribution >= 4 is 40.6 Å². The zero-order valence-corrected chi connectivity index (χ0v) is 16.7. The number of thioether (sulfide) groups is 1. The van der Waals surface area contributed by atoms with Gasteiger partial charge in [-0.15, -0.1) is 0 Å². The molecule has 1 fully saturated rings. The molecule has 0 atom stereocenters. The molecule has 0 radical (unpaired) electrons. The molecule has 3 amide bonds. The van der Waals surface area contributed by atoms with Crippen molar-refractivity contribution in [2.24, 2.45) is 0 Å². The van der Waals surface area contributed by atoms with E-state index >= 15 is 0 Å². The van der Waals surface area contributed by atoms with E-state index in [1.165, 1.54) is 31.4 Å². The third-order valence-corrected chi connectivity index (χ3v) is 4.77. The zero-order chi connectivity index (χ0) is 22.6. The lowest BCUT2D eigenvalue weighted by Gasteiger charge is -2.12. The van der Waals surface area contributed by atoms with Crippen LogP contribution in [-0.2, 0) is 15.8 Å². The van der Waals surface area contributed by atoms with Gasteiger partial charge in [0.15, 0.2) is 18.1 Å². The van der Waals surface area contributed by atoms with Crippen LogP contribution in [0.4, 0.5) is 23.7 Å². The maximum Gasteiger partial charge on any atom is 0.416 e. The van der Waals surface area contributed by atoms with Crippen LogP contribution in [0.1, 0.15) is 11.1 Å². The summed E-state index contributed by atoms with van der Waals surface area (Å²) in [6, 6.07) is 8.88. The topological polar surface area (TPSA) is 93.7 Å². The first-order valence-corrected chi connectivity index (χ1v) is 9.50. The van der Waals surface area contributed by atoms with Gasteiger partial charge in [-0.1, -0.05) is 12.1 Å². The molecule has 2 aromatic carbocycles. The molecule has 31 heavy (non-hydrogen) atoms. The van der Waals surface area contributed by atoms with E-state index < -0.39 is 35.4 Å². The van der Waals surface area contributed by atoms with Gasteiger partial charge in [-0.25, -0.2) is 0 Å². The summed E-state index contributed by atoms with van der Waals surface area (Å²) >= 11 is 0.770. The quantitative estimate of drug-likeness (QED) is 0.643. The second kappa shape index (κ2) is 9.13. The van der Waals surface area contributed by atoms with Crippen LogP contribution in [0.15, 0.2) is 47.4 Å². The summed E-state index contributed by atoms with van der Waals surface area (Å²) in [5, 5.41) is 4.02. The van der Waals surface area contributed by atoms with Crippen LogP contribution in [-0.4, -0.2) is 30.8 Å². The number of amides is 3. The Labute approximate surface area is 178 Å². The molecule has 0 unspecified atom stereocenters. The number of carbonyl (C=O) groups is 3. The molecular formula is C20H15F3N2O5S. The minimum absolute atomic E-state index is 0.0146. The molecule has 0 saturated carbocycles. The van der Waals surface area contributed by atoms with Crippen LogP contribution < -0.4 is 20.1 Å². The summed E-state index contributed by atoms with van der Waals surface area (Å²) in [4.78, 5) is 35.1. The summed E-state index contributed by atoms with van der Waals surface area (Å²) < 4.78 is 48.9. The minimum atomic E-state index is -4.52. The lowest BCUT2D eigenvalue weighted by atomic mass is 10.2. The maximum absolute atomic E-state index is 12.8. The number of hydrogen-bond acceptors (Lipinski definition) is 6. The van der Waals surface area contributed by atoms with Crippen molar-refractivity contribution in [3.63, 3.8) is 0 Å². The Morgan fingerprint density at radius 1 is 1.16 bits per heavy atom. The predicted molar refractivity (Wildman–Crippen MR) is 108 cm³/mol. The number of methoxy groups -OCH3 is 1. The first-order valence-electron chi connectivity index (χ1n) is 8.68. The molecule has 3 rings (SSSR count). The van der Waals surface area contributed by atoms with Crippen molar-refractivity contribution in [2.45, 2.75) is 6.18 Å². The average molecular weight is 452 g/mol. The normalized spacial score (nSPS) is 15.0. The molecule has 2 N–H and O–H groups in total. The summed E-state index contributed by atoms with van der Waals surface area (Å²) in [5.41, 5.74) is -0.336. The van der Waals surface area contributed by atoms with E-state index in [-0.39, 0.29) is 22.1 Å². The van der Waals surface area contributed by atoms with E-state index in [0.717, 1.165) is 23.9 Å². The number of anilines is 1. The van der Waals surface area contributed by atoms with Crippen LogP contribution in [0.5, 0.6) is 11.5 Å². The predicted octanol–water partition coefficient (Wildman–Crippen LogP) is 4.06. The molecule has 0 aromatic heterocycles. The van der Waals surface area contributed by atoms with Crippen molar-refractivity contribution in [1.29, 1.82) is 0 Å². The van der Waals surface area contributed by atoms with E-state index in [1.54, 1.807) is 12.1 Å². The summed E-state index contributed by atoms with van der Waals surface area (Å²) in [6.07, 6.45) is -3.02. The number of hydrogen-bond donors (Lipinski definition) is 2. The summed E-state index contributed by atoms with van der Waals surface area (Å²) in [5.74, 6) is -0.690. The first-order chi connectivity index (χ1) is 14.7. The second-order valence-electron chi connectivity index (χ2n) is 6.18. The third-order valence-electron chi connectivity index (χ3n) is 3.96. The van der Waals surface area contributed by atoms with E-state index in [2.05, 4.69) is 10.6 Å². The molecule has 162 valence electrons. The Morgan fingerprint density at radius 3 is 2.58 bits per heavy atom. The van der Waals surface area contributed by atoms with Crippen molar-refractivity contribution < 1.29 is 37.0 Å². The van der Waals surface area contributed by atoms with Gasteiger partial charge in [0, 0.05) is 5.69 Å². The van der Waals surface area contributed by atoms with Crippen molar-refractivity contribution in [3.8, 4) is 11.5 Å². The van der Waals surface area contributed by atoms with E-state index in [4.69, 9.17) is 9.47 Å². The minimum Gasteiger partial charge on any atom is -0.493 e. The van der Waals surface area contributed by atoms with Gasteiger partial charge in [-0.05, 0) is 53.7 Å². The fraction of sp³-hybridized carbons (Fsp3) is 0.150. The maximum atomic E-state index is 12.8. The highest BCUT2D eigenvalue weighted by molar-refractivity contribution is 8.18. The number of rotatable bonds is 6. The van der Waals surface area contributed by atoms with E-state index in [9.17, 15) is 27.6 Å². The van der Waals surface area contributed by atoms with Gasteiger partial charge in [-0.2, -0.15) is 13.2 Å². The Hall–Kier alpha value is -3.47. The van der Waals surface area contributed by atoms with Gasteiger partial charge in [-0.3, -0.25) is 19.7 Å². The summed E-state index contributed by atoms with van der Waals surface area (Å²) in [7, 11) is 1.38. The average Bonchev–Trinajstić information content (AvgIpc) is 3.03. The smallest absolute Gasteiger partial charge is 0.416 e. The van der Waals surface area contributed by atoms with Gasteiger partial charge >= 0.3 is 6.18 Å². The van der Waals surface area contributed by atoms with Gasteiger partial charge in [0.2, 0.25) is 0 Å². The molecule has 11 heteroatoms. The number of benzene rings is 2. The number of nitrogens with one attached hydrogen (secondary N) is 2. The molecule has 1 heterocycles. The Bertz CT molecular complexity index is 1070. The van der Waals surface area contributed by atoms with Crippen LogP contribution >= 0.6 is 11.8 Å². The zero-order valence-electron chi connectivity index (χ0n) is 15.9. The number of carbonyl (C=O) groups excluding carboxylic acids is 3. The van der Waals surface area contributed by atoms with Crippen LogP contribution in [0.2, 0.25) is 0 Å². The van der Waals surface area contributed by atoms with Crippen LogP contribution in [0.3, 0.4) is 0 Å². The van der Waals surface area contributed by atoms with E-state index in [0.29, 0.717) is 5.56 Å². The number of alkyl halides is 3. The Morgan fingerprint density at radius 2 is 1.94 bits per heavy atom. The third kappa shape index (κ3) is 5.79. The molecule has 1 saturated heterocycles. The summed E-state index contributed by atoms with van der Waals surface area (Å²) in [6.45, 7) is -0.472. The van der Waals surface area contributed by atoms with Crippen LogP contribution in [0, 0.1) is 0 Å². The molecule has 2 aromatic rings. The Kier molecular flexibility index (Phi) is 6.54. The van der Waals surface area contributed by atoms with E-state index in [1.807, 2.05) is 0 Å². The lowest BCUT2D eigenvalue weighted by Crippen LogP contribution is -2.20. The molecule has 0 aliphatic carbocycles. The van der Waals surface area contributed by atoms with Gasteiger partial charge in [0.05, 0.1) is 17.6 Å². The monoisotopic (exact) mass is 452 g/mol. The van der Waals surface area contributed by atoms with Crippen LogP contribution in [0.25, 0.3) is 6.08 Å². The SMILES string of the molecule is COc1cc(/C=C2\SC(=O)NC2=O)ccc1OCC(=O)Nc1cccc(C(F)(F)F)c1. The fourth-order valence-corrected chi connectivity index (χ4v) is 3.26. The number of ether oxygens (including phenoxy) is 2. The molecule has 1 aliphatic rings. The number of imide groups is 1. The highest BCUT2D eigenvalue weighted by Gasteiger charge is 2.30. The molecule has 7 nitrogen and oxygen atoms in total. The highest BCUT2D eigenvalue weighted by Crippen LogP contribution is 2.32. The molecule has 0 spiro atoms. The standard InChI is InChI=1S/C20H15F3N2O5S/c1-29-15-7-11(8-16-18(27)25-19(28)31-16)5-6-14(15)30-10-17(26)24-13-4-2-3-12(9-13)20(21,22)23/h2-9H,10H2,1H3,(H,24,26)(H,25,27,28)/b16-8-. The molecule has 0 bridgehead atoms. The molecular weight excluding hydrogens is 437 g/mol. The first kappa shape index (κ1) is 22.2. The second-order valence-corrected chi connectivity index (χ2v) is 7.19. The van der Waals surface area contributed by atoms with Gasteiger partial charge < -0.3 is 14.8 Å². The van der Waals surface area contributed by atoms with Gasteiger partial charge in [0.1, 0.15) is 0 Å². The van der Waals surface area contributed by atoms with Crippen molar-refractivity contribution in [2.75, 3.05) is 19.0 Å². The highest BCUT2D eigenvalue weighted by atomic mass is 32.2. The fourth-order valence-electron chi connectivity index (χ4n) is 2.58. The lowest BCUT2D eigenvalue weighted by molar-refractivity contribution is -0.137. The molecule has 1 aliphatic heterocycles. The number of halogens is 3.